The van der Waals surface area contributed by atoms with Crippen LogP contribution in [-0.4, -0.2) is 24.9 Å². The zero-order valence-corrected chi connectivity index (χ0v) is 11.4. The van der Waals surface area contributed by atoms with Crippen LogP contribution in [0.25, 0.3) is 10.9 Å². The topological polar surface area (TPSA) is 47.0 Å². The van der Waals surface area contributed by atoms with Crippen molar-refractivity contribution >= 4 is 35.7 Å². The molecule has 0 aliphatic heterocycles. The molecule has 1 N–H and O–H groups in total. The lowest BCUT2D eigenvalue weighted by atomic mass is 9.93. The molecule has 5 heteroatoms. The standard InChI is InChI=1S/C15H14BN3O/c1-20-14-7-11-13(8-12(14)16)17-9-18-15(11)19-10-5-3-2-4-6-10/h2-9H,16H2,1H3,(H,17,18,19). The first kappa shape index (κ1) is 12.5. The van der Waals surface area contributed by atoms with Crippen LogP contribution in [0.5, 0.6) is 5.75 Å². The van der Waals surface area contributed by atoms with E-state index in [0.29, 0.717) is 0 Å². The molecule has 0 atom stereocenters. The summed E-state index contributed by atoms with van der Waals surface area (Å²) in [4.78, 5) is 8.64. The van der Waals surface area contributed by atoms with Gasteiger partial charge in [-0.1, -0.05) is 18.2 Å². The molecule has 0 fully saturated rings. The Morgan fingerprint density at radius 1 is 1.10 bits per heavy atom. The van der Waals surface area contributed by atoms with Gasteiger partial charge in [0.15, 0.2) is 0 Å². The van der Waals surface area contributed by atoms with Crippen molar-refractivity contribution in [2.24, 2.45) is 0 Å². The first-order valence-electron chi connectivity index (χ1n) is 6.39. The molecule has 3 aromatic rings. The van der Waals surface area contributed by atoms with Gasteiger partial charge in [-0.25, -0.2) is 9.97 Å². The van der Waals surface area contributed by atoms with Gasteiger partial charge in [-0.15, -0.1) is 0 Å². The summed E-state index contributed by atoms with van der Waals surface area (Å²) in [5.41, 5.74) is 2.95. The first-order valence-corrected chi connectivity index (χ1v) is 6.39. The predicted octanol–water partition coefficient (Wildman–Crippen LogP) is 1.64. The number of para-hydroxylation sites is 1. The lowest BCUT2D eigenvalue weighted by Crippen LogP contribution is -2.08. The molecule has 1 aromatic heterocycles. The number of aromatic nitrogens is 2. The highest BCUT2D eigenvalue weighted by Gasteiger charge is 2.08. The molecule has 0 bridgehead atoms. The highest BCUT2D eigenvalue weighted by atomic mass is 16.5. The third kappa shape index (κ3) is 2.30. The van der Waals surface area contributed by atoms with E-state index >= 15 is 0 Å². The average Bonchev–Trinajstić information content (AvgIpc) is 2.48. The number of methoxy groups -OCH3 is 1. The van der Waals surface area contributed by atoms with E-state index in [4.69, 9.17) is 4.74 Å². The number of hydrogen-bond donors (Lipinski definition) is 1. The van der Waals surface area contributed by atoms with Gasteiger partial charge >= 0.3 is 0 Å². The van der Waals surface area contributed by atoms with Crippen LogP contribution in [0.15, 0.2) is 48.8 Å². The highest BCUT2D eigenvalue weighted by Crippen LogP contribution is 2.25. The van der Waals surface area contributed by atoms with Crippen LogP contribution in [0.1, 0.15) is 0 Å². The van der Waals surface area contributed by atoms with Crippen molar-refractivity contribution in [2.75, 3.05) is 12.4 Å². The number of nitrogens with zero attached hydrogens (tertiary/aromatic N) is 2. The molecule has 4 nitrogen and oxygen atoms in total. The fraction of sp³-hybridized carbons (Fsp3) is 0.0667. The highest BCUT2D eigenvalue weighted by molar-refractivity contribution is 6.35. The van der Waals surface area contributed by atoms with Gasteiger partial charge in [0.1, 0.15) is 25.7 Å². The minimum Gasteiger partial charge on any atom is -0.497 e. The zero-order chi connectivity index (χ0) is 13.9. The Morgan fingerprint density at radius 2 is 1.90 bits per heavy atom. The van der Waals surface area contributed by atoms with Crippen LogP contribution in [-0.2, 0) is 0 Å². The number of nitrogens with one attached hydrogen (secondary N) is 1. The average molecular weight is 263 g/mol. The Kier molecular flexibility index (Phi) is 3.25. The maximum atomic E-state index is 5.37. The lowest BCUT2D eigenvalue weighted by Gasteiger charge is -2.11. The molecule has 3 rings (SSSR count). The predicted molar refractivity (Wildman–Crippen MR) is 84.0 cm³/mol. The Labute approximate surface area is 118 Å². The monoisotopic (exact) mass is 263 g/mol. The summed E-state index contributed by atoms with van der Waals surface area (Å²) in [6.07, 6.45) is 1.57. The van der Waals surface area contributed by atoms with E-state index in [0.717, 1.165) is 33.6 Å². The van der Waals surface area contributed by atoms with Crippen LogP contribution in [0.2, 0.25) is 0 Å². The number of fused-ring (bicyclic) bond motifs is 1. The van der Waals surface area contributed by atoms with E-state index in [2.05, 4.69) is 15.3 Å². The van der Waals surface area contributed by atoms with Gasteiger partial charge in [-0.2, -0.15) is 0 Å². The Hall–Kier alpha value is -2.56. The molecular weight excluding hydrogens is 249 g/mol. The fourth-order valence-electron chi connectivity index (χ4n) is 2.17. The quantitative estimate of drug-likeness (QED) is 0.730. The van der Waals surface area contributed by atoms with E-state index in [1.54, 1.807) is 13.4 Å². The van der Waals surface area contributed by atoms with E-state index in [-0.39, 0.29) is 0 Å². The summed E-state index contributed by atoms with van der Waals surface area (Å²) in [7, 11) is 3.67. The summed E-state index contributed by atoms with van der Waals surface area (Å²) in [6, 6.07) is 13.9. The molecule has 1 heterocycles. The Balaban J connectivity index is 2.11. The summed E-state index contributed by atoms with van der Waals surface area (Å²) >= 11 is 0. The van der Waals surface area contributed by atoms with Gasteiger partial charge in [0, 0.05) is 11.1 Å². The molecule has 0 aliphatic rings. The maximum absolute atomic E-state index is 5.37. The van der Waals surface area contributed by atoms with Crippen molar-refractivity contribution in [3.63, 3.8) is 0 Å². The molecule has 0 saturated carbocycles. The second-order valence-corrected chi connectivity index (χ2v) is 4.55. The second kappa shape index (κ2) is 5.21. The lowest BCUT2D eigenvalue weighted by molar-refractivity contribution is 0.419. The summed E-state index contributed by atoms with van der Waals surface area (Å²) in [5.74, 6) is 1.61. The molecule has 0 saturated heterocycles. The SMILES string of the molecule is Bc1cc2ncnc(Nc3ccccc3)c2cc1OC. The van der Waals surface area contributed by atoms with E-state index < -0.39 is 0 Å². The smallest absolute Gasteiger partial charge is 0.144 e. The van der Waals surface area contributed by atoms with Crippen molar-refractivity contribution in [3.8, 4) is 5.75 Å². The Bertz CT molecular complexity index is 747. The van der Waals surface area contributed by atoms with Crippen molar-refractivity contribution in [1.82, 2.24) is 9.97 Å². The van der Waals surface area contributed by atoms with E-state index in [9.17, 15) is 0 Å². The molecule has 0 aliphatic carbocycles. The minimum absolute atomic E-state index is 0.777. The number of ether oxygens (including phenoxy) is 1. The molecule has 0 amide bonds. The summed E-state index contributed by atoms with van der Waals surface area (Å²) in [6.45, 7) is 0. The van der Waals surface area contributed by atoms with Gasteiger partial charge in [0.2, 0.25) is 0 Å². The van der Waals surface area contributed by atoms with Crippen LogP contribution in [0.4, 0.5) is 11.5 Å². The van der Waals surface area contributed by atoms with Crippen LogP contribution < -0.4 is 15.5 Å². The molecule has 0 radical (unpaired) electrons. The molecule has 98 valence electrons. The molecule has 20 heavy (non-hydrogen) atoms. The molecule has 0 unspecified atom stereocenters. The molecular formula is C15H14BN3O. The van der Waals surface area contributed by atoms with Gasteiger partial charge in [-0.3, -0.25) is 0 Å². The number of benzene rings is 2. The third-order valence-electron chi connectivity index (χ3n) is 3.19. The molecule has 2 aromatic carbocycles. The maximum Gasteiger partial charge on any atom is 0.144 e. The van der Waals surface area contributed by atoms with Crippen LogP contribution in [0.3, 0.4) is 0 Å². The largest absolute Gasteiger partial charge is 0.497 e. The Morgan fingerprint density at radius 3 is 2.65 bits per heavy atom. The van der Waals surface area contributed by atoms with Crippen LogP contribution >= 0.6 is 0 Å². The van der Waals surface area contributed by atoms with Gasteiger partial charge < -0.3 is 10.1 Å². The van der Waals surface area contributed by atoms with Gasteiger partial charge in [0.25, 0.3) is 0 Å². The second-order valence-electron chi connectivity index (χ2n) is 4.55. The zero-order valence-electron chi connectivity index (χ0n) is 11.4. The van der Waals surface area contributed by atoms with Gasteiger partial charge in [-0.05, 0) is 29.7 Å². The first-order chi connectivity index (χ1) is 9.78. The third-order valence-corrected chi connectivity index (χ3v) is 3.19. The van der Waals surface area contributed by atoms with Crippen LogP contribution in [0, 0.1) is 0 Å². The minimum atomic E-state index is 0.777. The van der Waals surface area contributed by atoms with E-state index in [1.165, 1.54) is 0 Å². The summed E-state index contributed by atoms with van der Waals surface area (Å²) < 4.78 is 5.37. The summed E-state index contributed by atoms with van der Waals surface area (Å²) in [5, 5.41) is 4.25. The van der Waals surface area contributed by atoms with Crippen molar-refractivity contribution in [2.45, 2.75) is 0 Å². The number of rotatable bonds is 3. The normalized spacial score (nSPS) is 10.4. The molecule has 0 spiro atoms. The number of anilines is 2. The van der Waals surface area contributed by atoms with Gasteiger partial charge in [0.05, 0.1) is 12.6 Å². The van der Waals surface area contributed by atoms with E-state index in [1.807, 2.05) is 50.3 Å². The van der Waals surface area contributed by atoms with Crippen molar-refractivity contribution in [3.05, 3.63) is 48.8 Å². The van der Waals surface area contributed by atoms with Crippen molar-refractivity contribution in [1.29, 1.82) is 0 Å². The fourth-order valence-corrected chi connectivity index (χ4v) is 2.17. The number of hydrogen-bond acceptors (Lipinski definition) is 4. The van der Waals surface area contributed by atoms with Crippen molar-refractivity contribution < 1.29 is 4.74 Å².